The van der Waals surface area contributed by atoms with Crippen LogP contribution in [0.25, 0.3) is 0 Å². The summed E-state index contributed by atoms with van der Waals surface area (Å²) in [6.45, 7) is 3.94. The van der Waals surface area contributed by atoms with Crippen LogP contribution in [0.4, 0.5) is 5.95 Å². The Morgan fingerprint density at radius 3 is 2.00 bits per heavy atom. The maximum atomic E-state index is 12.9. The topological polar surface area (TPSA) is 80.3 Å². The van der Waals surface area contributed by atoms with E-state index in [0.29, 0.717) is 5.82 Å². The van der Waals surface area contributed by atoms with Crippen LogP contribution in [-0.2, 0) is 4.57 Å². The van der Waals surface area contributed by atoms with Crippen LogP contribution in [0, 0.1) is 0 Å². The lowest BCUT2D eigenvalue weighted by Crippen LogP contribution is -2.27. The zero-order valence-corrected chi connectivity index (χ0v) is 12.1. The highest BCUT2D eigenvalue weighted by molar-refractivity contribution is 7.57. The first-order chi connectivity index (χ1) is 7.71. The van der Waals surface area contributed by atoms with Crippen molar-refractivity contribution in [2.24, 2.45) is 0 Å². The van der Waals surface area contributed by atoms with Gasteiger partial charge in [0.2, 0.25) is 5.95 Å². The smallest absolute Gasteiger partial charge is 0.332 e. The van der Waals surface area contributed by atoms with E-state index in [-0.39, 0.29) is 11.9 Å². The fraction of sp³-hybridized carbons (Fsp3) is 0.778. The molecular formula is C9H21N6OP. The van der Waals surface area contributed by atoms with Crippen LogP contribution in [0.5, 0.6) is 0 Å². The molecule has 1 aromatic rings. The minimum absolute atomic E-state index is 0.149. The van der Waals surface area contributed by atoms with Crippen molar-refractivity contribution in [2.75, 3.05) is 33.9 Å². The fourth-order valence-electron chi connectivity index (χ4n) is 1.47. The molecule has 0 fully saturated rings. The van der Waals surface area contributed by atoms with E-state index >= 15 is 0 Å². The van der Waals surface area contributed by atoms with E-state index < -0.39 is 7.59 Å². The summed E-state index contributed by atoms with van der Waals surface area (Å²) in [5.74, 6) is 0.933. The number of anilines is 1. The van der Waals surface area contributed by atoms with E-state index in [1.165, 1.54) is 4.45 Å². The number of nitrogens with two attached hydrogens (primary N) is 1. The number of rotatable bonds is 4. The lowest BCUT2D eigenvalue weighted by atomic mass is 10.2. The molecule has 1 aromatic heterocycles. The predicted molar refractivity (Wildman–Crippen MR) is 68.9 cm³/mol. The third-order valence-corrected chi connectivity index (χ3v) is 5.31. The second-order valence-electron chi connectivity index (χ2n) is 4.58. The molecule has 1 heterocycles. The van der Waals surface area contributed by atoms with Gasteiger partial charge in [0.05, 0.1) is 0 Å². The molecule has 1 rings (SSSR count). The van der Waals surface area contributed by atoms with Gasteiger partial charge in [0.15, 0.2) is 5.82 Å². The molecular weight excluding hydrogens is 239 g/mol. The van der Waals surface area contributed by atoms with Gasteiger partial charge >= 0.3 is 7.59 Å². The predicted octanol–water partition coefficient (Wildman–Crippen LogP) is 1.06. The summed E-state index contributed by atoms with van der Waals surface area (Å²) in [7, 11) is 3.94. The van der Waals surface area contributed by atoms with Gasteiger partial charge in [0.1, 0.15) is 0 Å². The van der Waals surface area contributed by atoms with Crippen molar-refractivity contribution in [1.82, 2.24) is 23.9 Å². The lowest BCUT2D eigenvalue weighted by molar-refractivity contribution is 0.430. The van der Waals surface area contributed by atoms with Crippen molar-refractivity contribution in [3.8, 4) is 0 Å². The number of nitrogen functional groups attached to an aromatic ring is 1. The number of aromatic nitrogens is 3. The molecule has 0 unspecified atom stereocenters. The van der Waals surface area contributed by atoms with Gasteiger partial charge in [-0.25, -0.2) is 9.34 Å². The molecule has 0 spiro atoms. The molecule has 0 aromatic carbocycles. The van der Waals surface area contributed by atoms with Crippen LogP contribution in [0.3, 0.4) is 0 Å². The van der Waals surface area contributed by atoms with Gasteiger partial charge in [-0.3, -0.25) is 4.57 Å². The van der Waals surface area contributed by atoms with Crippen LogP contribution in [-0.4, -0.2) is 52.1 Å². The maximum absolute atomic E-state index is 12.9. The third-order valence-electron chi connectivity index (χ3n) is 2.44. The molecule has 8 heteroatoms. The summed E-state index contributed by atoms with van der Waals surface area (Å²) >= 11 is 0. The lowest BCUT2D eigenvalue weighted by Gasteiger charge is -2.29. The van der Waals surface area contributed by atoms with Crippen molar-refractivity contribution in [3.63, 3.8) is 0 Å². The van der Waals surface area contributed by atoms with Gasteiger partial charge < -0.3 is 5.73 Å². The number of hydrogen-bond acceptors (Lipinski definition) is 4. The monoisotopic (exact) mass is 260 g/mol. The second kappa shape index (κ2) is 4.76. The SMILES string of the molecule is CC(C)c1nc(N)n(P(=O)(N(C)C)N(C)C)n1. The summed E-state index contributed by atoms with van der Waals surface area (Å²) < 4.78 is 17.5. The molecule has 0 aliphatic heterocycles. The van der Waals surface area contributed by atoms with Gasteiger partial charge in [0.25, 0.3) is 0 Å². The van der Waals surface area contributed by atoms with Crippen molar-refractivity contribution >= 4 is 13.5 Å². The molecule has 0 aliphatic carbocycles. The molecule has 17 heavy (non-hydrogen) atoms. The first-order valence-corrected chi connectivity index (χ1v) is 6.96. The zero-order chi connectivity index (χ0) is 13.4. The average molecular weight is 260 g/mol. The molecule has 0 saturated heterocycles. The standard InChI is InChI=1S/C9H21N6OP/c1-7(2)8-11-9(10)15(12-8)17(16,13(3)4)14(5)6/h7H,1-6H3,(H2,10,11,12). The van der Waals surface area contributed by atoms with Gasteiger partial charge in [0, 0.05) is 5.92 Å². The van der Waals surface area contributed by atoms with Gasteiger partial charge in [-0.2, -0.15) is 9.44 Å². The summed E-state index contributed by atoms with van der Waals surface area (Å²) in [5.41, 5.74) is 5.80. The molecule has 0 atom stereocenters. The van der Waals surface area contributed by atoms with Crippen molar-refractivity contribution in [2.45, 2.75) is 19.8 Å². The van der Waals surface area contributed by atoms with Crippen LogP contribution >= 0.6 is 7.59 Å². The largest absolute Gasteiger partial charge is 0.368 e. The number of hydrogen-bond donors (Lipinski definition) is 1. The first-order valence-electron chi connectivity index (χ1n) is 5.40. The van der Waals surface area contributed by atoms with Crippen LogP contribution in [0.1, 0.15) is 25.6 Å². The fourth-order valence-corrected chi connectivity index (χ4v) is 3.38. The molecule has 0 saturated carbocycles. The Kier molecular flexibility index (Phi) is 3.96. The normalized spacial score (nSPS) is 13.0. The Bertz CT molecular complexity index is 427. The highest BCUT2D eigenvalue weighted by Gasteiger charge is 2.34. The molecule has 2 N–H and O–H groups in total. The molecule has 0 radical (unpaired) electrons. The third kappa shape index (κ3) is 2.36. The minimum Gasteiger partial charge on any atom is -0.368 e. The molecule has 0 bridgehead atoms. The Labute approximate surface area is 102 Å². The van der Waals surface area contributed by atoms with Gasteiger partial charge in [-0.1, -0.05) is 13.8 Å². The van der Waals surface area contributed by atoms with Crippen molar-refractivity contribution < 1.29 is 4.57 Å². The summed E-state index contributed by atoms with van der Waals surface area (Å²) in [6, 6.07) is 0. The zero-order valence-electron chi connectivity index (χ0n) is 11.2. The van der Waals surface area contributed by atoms with Crippen LogP contribution in [0.2, 0.25) is 0 Å². The summed E-state index contributed by atoms with van der Waals surface area (Å²) in [4.78, 5) is 4.15. The Balaban J connectivity index is 3.35. The second-order valence-corrected chi connectivity index (χ2v) is 7.59. The summed E-state index contributed by atoms with van der Waals surface area (Å²) in [6.07, 6.45) is 0. The van der Waals surface area contributed by atoms with Crippen molar-refractivity contribution in [3.05, 3.63) is 5.82 Å². The molecule has 98 valence electrons. The Morgan fingerprint density at radius 1 is 1.24 bits per heavy atom. The Morgan fingerprint density at radius 2 is 1.71 bits per heavy atom. The van der Waals surface area contributed by atoms with Gasteiger partial charge in [-0.15, -0.1) is 5.10 Å². The minimum atomic E-state index is -2.99. The van der Waals surface area contributed by atoms with Crippen molar-refractivity contribution in [1.29, 1.82) is 0 Å². The highest BCUT2D eigenvalue weighted by Crippen LogP contribution is 2.51. The van der Waals surface area contributed by atoms with Crippen LogP contribution in [0.15, 0.2) is 0 Å². The molecule has 0 amide bonds. The highest BCUT2D eigenvalue weighted by atomic mass is 31.2. The average Bonchev–Trinajstić information content (AvgIpc) is 2.58. The van der Waals surface area contributed by atoms with E-state index in [0.717, 1.165) is 0 Å². The van der Waals surface area contributed by atoms with E-state index in [2.05, 4.69) is 10.1 Å². The quantitative estimate of drug-likeness (QED) is 0.815. The van der Waals surface area contributed by atoms with E-state index in [9.17, 15) is 4.57 Å². The molecule has 7 nitrogen and oxygen atoms in total. The summed E-state index contributed by atoms with van der Waals surface area (Å²) in [5, 5.41) is 4.26. The van der Waals surface area contributed by atoms with Crippen LogP contribution < -0.4 is 5.73 Å². The van der Waals surface area contributed by atoms with E-state index in [1.54, 1.807) is 37.5 Å². The maximum Gasteiger partial charge on any atom is 0.332 e. The molecule has 0 aliphatic rings. The number of nitrogens with zero attached hydrogens (tertiary/aromatic N) is 5. The van der Waals surface area contributed by atoms with E-state index in [4.69, 9.17) is 5.73 Å². The Hall–Kier alpha value is -0.910. The first kappa shape index (κ1) is 14.2. The van der Waals surface area contributed by atoms with Gasteiger partial charge in [-0.05, 0) is 28.2 Å². The van der Waals surface area contributed by atoms with E-state index in [1.807, 2.05) is 13.8 Å².